The van der Waals surface area contributed by atoms with Crippen molar-refractivity contribution < 1.29 is 19.5 Å². The molecule has 0 bridgehead atoms. The Kier molecular flexibility index (Phi) is 5.39. The summed E-state index contributed by atoms with van der Waals surface area (Å²) in [5, 5.41) is 19.7. The summed E-state index contributed by atoms with van der Waals surface area (Å²) in [6.45, 7) is 0.555. The van der Waals surface area contributed by atoms with Gasteiger partial charge in [-0.1, -0.05) is 12.1 Å². The Morgan fingerprint density at radius 1 is 1.06 bits per heavy atom. The van der Waals surface area contributed by atoms with E-state index in [9.17, 15) is 19.5 Å². The van der Waals surface area contributed by atoms with Crippen molar-refractivity contribution in [1.29, 1.82) is 0 Å². The number of anilines is 2. The zero-order chi connectivity index (χ0) is 22.9. The summed E-state index contributed by atoms with van der Waals surface area (Å²) in [4.78, 5) is 38.5. The molecule has 1 atom stereocenters. The maximum Gasteiger partial charge on any atom is 0.313 e. The van der Waals surface area contributed by atoms with E-state index in [1.807, 2.05) is 36.5 Å². The maximum absolute atomic E-state index is 12.4. The Morgan fingerprint density at radius 3 is 2.55 bits per heavy atom. The molecule has 3 heterocycles. The molecule has 0 radical (unpaired) electrons. The lowest BCUT2D eigenvalue weighted by Gasteiger charge is -2.25. The van der Waals surface area contributed by atoms with Gasteiger partial charge in [0.2, 0.25) is 5.91 Å². The number of carbonyl (C=O) groups excluding carboxylic acids is 3. The molecule has 1 unspecified atom stereocenters. The minimum Gasteiger partial charge on any atom is -0.387 e. The molecule has 0 aliphatic carbocycles. The third kappa shape index (κ3) is 4.10. The fourth-order valence-corrected chi connectivity index (χ4v) is 4.38. The molecule has 2 aliphatic rings. The maximum atomic E-state index is 12.4. The number of hydrogen-bond acceptors (Lipinski definition) is 5. The molecule has 0 fully saturated rings. The lowest BCUT2D eigenvalue weighted by atomic mass is 9.98. The Hall–Kier alpha value is -3.98. The van der Waals surface area contributed by atoms with E-state index in [1.54, 1.807) is 27.9 Å². The van der Waals surface area contributed by atoms with Crippen LogP contribution >= 0.6 is 0 Å². The summed E-state index contributed by atoms with van der Waals surface area (Å²) in [5.41, 5.74) is 4.97. The van der Waals surface area contributed by atoms with E-state index in [1.165, 1.54) is 0 Å². The van der Waals surface area contributed by atoms with Crippen molar-refractivity contribution in [1.82, 2.24) is 15.1 Å². The van der Waals surface area contributed by atoms with Gasteiger partial charge in [0.15, 0.2) is 0 Å². The van der Waals surface area contributed by atoms with Crippen molar-refractivity contribution in [3.63, 3.8) is 0 Å². The molecule has 0 spiro atoms. The number of amides is 3. The lowest BCUT2D eigenvalue weighted by Crippen LogP contribution is -2.37. The summed E-state index contributed by atoms with van der Waals surface area (Å²) >= 11 is 0. The van der Waals surface area contributed by atoms with Gasteiger partial charge in [-0.15, -0.1) is 0 Å². The van der Waals surface area contributed by atoms with E-state index < -0.39 is 17.9 Å². The number of nitrogens with zero attached hydrogens (tertiary/aromatic N) is 3. The standard InChI is InChI=1S/C24H23N5O4/c30-20(15-2-5-19(6-3-15)29-10-1-9-26-29)14-25-23(32)24(33)27-18-12-16-4-7-21(31)28-11-8-17(13-18)22(16)28/h1-3,5-6,9-10,12-13,20,30H,4,7-8,11,14H2,(H,25,32)(H,27,33). The van der Waals surface area contributed by atoms with Crippen LogP contribution < -0.4 is 15.5 Å². The zero-order valence-electron chi connectivity index (χ0n) is 17.8. The highest BCUT2D eigenvalue weighted by molar-refractivity contribution is 6.39. The van der Waals surface area contributed by atoms with Gasteiger partial charge in [-0.3, -0.25) is 14.4 Å². The number of aromatic nitrogens is 2. The van der Waals surface area contributed by atoms with Crippen molar-refractivity contribution >= 4 is 29.1 Å². The first-order chi connectivity index (χ1) is 16.0. The van der Waals surface area contributed by atoms with Gasteiger partial charge in [-0.25, -0.2) is 4.68 Å². The Morgan fingerprint density at radius 2 is 1.82 bits per heavy atom. The molecule has 0 saturated heterocycles. The quantitative estimate of drug-likeness (QED) is 0.515. The van der Waals surface area contributed by atoms with Gasteiger partial charge in [-0.05, 0) is 59.9 Å². The average Bonchev–Trinajstić information content (AvgIpc) is 3.51. The second-order valence-corrected chi connectivity index (χ2v) is 8.16. The van der Waals surface area contributed by atoms with Crippen LogP contribution in [0.3, 0.4) is 0 Å². The largest absolute Gasteiger partial charge is 0.387 e. The van der Waals surface area contributed by atoms with Gasteiger partial charge in [0.25, 0.3) is 0 Å². The summed E-state index contributed by atoms with van der Waals surface area (Å²) < 4.78 is 1.70. The summed E-state index contributed by atoms with van der Waals surface area (Å²) in [7, 11) is 0. The van der Waals surface area contributed by atoms with Crippen LogP contribution in [0.5, 0.6) is 0 Å². The topological polar surface area (TPSA) is 117 Å². The molecule has 3 N–H and O–H groups in total. The van der Waals surface area contributed by atoms with Gasteiger partial charge in [0, 0.05) is 37.6 Å². The Balaban J connectivity index is 1.18. The number of aliphatic hydroxyl groups is 1. The first-order valence-electron chi connectivity index (χ1n) is 10.8. The molecular weight excluding hydrogens is 422 g/mol. The molecule has 168 valence electrons. The van der Waals surface area contributed by atoms with E-state index in [4.69, 9.17) is 0 Å². The Bertz CT molecular complexity index is 1220. The third-order valence-electron chi connectivity index (χ3n) is 6.02. The highest BCUT2D eigenvalue weighted by Gasteiger charge is 2.31. The summed E-state index contributed by atoms with van der Waals surface area (Å²) in [6, 6.07) is 12.6. The van der Waals surface area contributed by atoms with Crippen molar-refractivity contribution in [3.05, 3.63) is 71.5 Å². The summed E-state index contributed by atoms with van der Waals surface area (Å²) in [6.07, 6.45) is 4.34. The van der Waals surface area contributed by atoms with Gasteiger partial charge >= 0.3 is 11.8 Å². The van der Waals surface area contributed by atoms with E-state index in [-0.39, 0.29) is 12.5 Å². The molecule has 9 heteroatoms. The van der Waals surface area contributed by atoms with E-state index in [0.717, 1.165) is 28.9 Å². The molecule has 2 aromatic carbocycles. The predicted molar refractivity (Wildman–Crippen MR) is 121 cm³/mol. The molecule has 2 aliphatic heterocycles. The monoisotopic (exact) mass is 445 g/mol. The molecule has 9 nitrogen and oxygen atoms in total. The number of nitrogens with one attached hydrogen (secondary N) is 2. The van der Waals surface area contributed by atoms with E-state index in [2.05, 4.69) is 15.7 Å². The average molecular weight is 445 g/mol. The SMILES string of the molecule is O=C(NCC(O)c1ccc(-n2cccn2)cc1)C(=O)Nc1cc2c3c(c1)CCN3C(=O)CC2. The minimum absolute atomic E-state index is 0.0973. The van der Waals surface area contributed by atoms with Crippen LogP contribution in [0.15, 0.2) is 54.9 Å². The molecule has 3 amide bonds. The predicted octanol–water partition coefficient (Wildman–Crippen LogP) is 1.50. The minimum atomic E-state index is -0.957. The molecule has 5 rings (SSSR count). The molecule has 0 saturated carbocycles. The van der Waals surface area contributed by atoms with Crippen molar-refractivity contribution in [2.45, 2.75) is 25.4 Å². The lowest BCUT2D eigenvalue weighted by molar-refractivity contribution is -0.136. The van der Waals surface area contributed by atoms with E-state index >= 15 is 0 Å². The fraction of sp³-hybridized carbons (Fsp3) is 0.250. The number of benzene rings is 2. The second-order valence-electron chi connectivity index (χ2n) is 8.16. The highest BCUT2D eigenvalue weighted by Crippen LogP contribution is 2.38. The van der Waals surface area contributed by atoms with Gasteiger partial charge in [0.05, 0.1) is 17.5 Å². The number of aryl methyl sites for hydroxylation is 1. The smallest absolute Gasteiger partial charge is 0.313 e. The summed E-state index contributed by atoms with van der Waals surface area (Å²) in [5.74, 6) is -1.50. The number of rotatable bonds is 5. The fourth-order valence-electron chi connectivity index (χ4n) is 4.38. The number of carbonyl (C=O) groups is 3. The van der Waals surface area contributed by atoms with Crippen molar-refractivity contribution in [2.75, 3.05) is 23.3 Å². The van der Waals surface area contributed by atoms with Crippen LogP contribution in [0.4, 0.5) is 11.4 Å². The third-order valence-corrected chi connectivity index (χ3v) is 6.02. The molecule has 3 aromatic rings. The Labute approximate surface area is 190 Å². The van der Waals surface area contributed by atoms with Crippen LogP contribution in [0.2, 0.25) is 0 Å². The molecule has 33 heavy (non-hydrogen) atoms. The van der Waals surface area contributed by atoms with Crippen LogP contribution in [0.1, 0.15) is 29.2 Å². The zero-order valence-corrected chi connectivity index (χ0v) is 17.8. The van der Waals surface area contributed by atoms with Crippen molar-refractivity contribution in [2.24, 2.45) is 0 Å². The second kappa shape index (κ2) is 8.51. The van der Waals surface area contributed by atoms with Crippen LogP contribution in [-0.4, -0.2) is 45.7 Å². The van der Waals surface area contributed by atoms with Gasteiger partial charge in [-0.2, -0.15) is 5.10 Å². The van der Waals surface area contributed by atoms with Crippen molar-refractivity contribution in [3.8, 4) is 5.69 Å². The highest BCUT2D eigenvalue weighted by atomic mass is 16.3. The van der Waals surface area contributed by atoms with Crippen LogP contribution in [-0.2, 0) is 27.2 Å². The molecule has 1 aromatic heterocycles. The van der Waals surface area contributed by atoms with Gasteiger partial charge < -0.3 is 20.6 Å². The first kappa shape index (κ1) is 20.9. The number of hydrogen-bond donors (Lipinski definition) is 3. The van der Waals surface area contributed by atoms with E-state index in [0.29, 0.717) is 30.6 Å². The number of aliphatic hydroxyl groups excluding tert-OH is 1. The van der Waals surface area contributed by atoms with Crippen LogP contribution in [0, 0.1) is 0 Å². The molecular formula is C24H23N5O4. The normalized spacial score (nSPS) is 15.2. The van der Waals surface area contributed by atoms with Crippen LogP contribution in [0.25, 0.3) is 5.69 Å². The van der Waals surface area contributed by atoms with Gasteiger partial charge in [0.1, 0.15) is 0 Å². The first-order valence-corrected chi connectivity index (χ1v) is 10.8.